The fourth-order valence-corrected chi connectivity index (χ4v) is 7.11. The fourth-order valence-electron chi connectivity index (χ4n) is 5.94. The SMILES string of the molecule is CS(=O)(=O)N(CCCC(=O)N(Cc1cccc(Cl)c1)[C@@H](Cc1ccccc1)C(=O)NC1CCCC1)c1ccc2c(c1)OCCO2. The zero-order valence-electron chi connectivity index (χ0n) is 25.5. The van der Waals surface area contributed by atoms with Gasteiger partial charge in [-0.2, -0.15) is 0 Å². The molecular weight excluding hydrogens is 614 g/mol. The van der Waals surface area contributed by atoms with Crippen LogP contribution in [0.4, 0.5) is 5.69 Å². The van der Waals surface area contributed by atoms with E-state index in [4.69, 9.17) is 21.1 Å². The number of fused-ring (bicyclic) bond motifs is 1. The molecule has 1 aliphatic carbocycles. The molecule has 1 fully saturated rings. The molecule has 2 aliphatic rings. The Morgan fingerprint density at radius 3 is 2.36 bits per heavy atom. The molecule has 0 spiro atoms. The molecule has 1 aliphatic heterocycles. The van der Waals surface area contributed by atoms with Gasteiger partial charge < -0.3 is 19.7 Å². The molecular formula is C34H40ClN3O6S. The number of hydrogen-bond donors (Lipinski definition) is 1. The third-order valence-electron chi connectivity index (χ3n) is 8.18. The normalized spacial score (nSPS) is 15.3. The number of halogens is 1. The van der Waals surface area contributed by atoms with Crippen LogP contribution in [0.5, 0.6) is 11.5 Å². The Hall–Kier alpha value is -3.76. The van der Waals surface area contributed by atoms with Gasteiger partial charge in [0.05, 0.1) is 11.9 Å². The second-order valence-electron chi connectivity index (χ2n) is 11.6. The highest BCUT2D eigenvalue weighted by atomic mass is 35.5. The van der Waals surface area contributed by atoms with Crippen LogP contribution in [-0.4, -0.2) is 63.2 Å². The molecule has 5 rings (SSSR count). The maximum absolute atomic E-state index is 14.1. The Bertz CT molecular complexity index is 1580. The third-order valence-corrected chi connectivity index (χ3v) is 9.61. The van der Waals surface area contributed by atoms with Crippen LogP contribution < -0.4 is 19.1 Å². The summed E-state index contributed by atoms with van der Waals surface area (Å²) in [5.41, 5.74) is 2.18. The molecule has 0 aromatic heterocycles. The fraction of sp³-hybridized carbons (Fsp3) is 0.412. The van der Waals surface area contributed by atoms with E-state index in [9.17, 15) is 18.0 Å². The lowest BCUT2D eigenvalue weighted by Crippen LogP contribution is -2.52. The maximum atomic E-state index is 14.1. The first-order valence-electron chi connectivity index (χ1n) is 15.4. The van der Waals surface area contributed by atoms with E-state index in [1.54, 1.807) is 35.2 Å². The molecule has 0 radical (unpaired) electrons. The molecule has 11 heteroatoms. The molecule has 0 bridgehead atoms. The van der Waals surface area contributed by atoms with Crippen LogP contribution in [0.2, 0.25) is 5.02 Å². The zero-order valence-corrected chi connectivity index (χ0v) is 27.1. The molecule has 3 aromatic rings. The van der Waals surface area contributed by atoms with Gasteiger partial charge in [-0.1, -0.05) is 66.9 Å². The molecule has 240 valence electrons. The van der Waals surface area contributed by atoms with Gasteiger partial charge in [0.15, 0.2) is 11.5 Å². The first-order chi connectivity index (χ1) is 21.7. The minimum Gasteiger partial charge on any atom is -0.486 e. The predicted octanol–water partition coefficient (Wildman–Crippen LogP) is 5.36. The topological polar surface area (TPSA) is 105 Å². The number of carbonyl (C=O) groups is 2. The van der Waals surface area contributed by atoms with Gasteiger partial charge in [-0.15, -0.1) is 0 Å². The number of benzene rings is 3. The van der Waals surface area contributed by atoms with Gasteiger partial charge in [-0.05, 0) is 54.7 Å². The van der Waals surface area contributed by atoms with Gasteiger partial charge in [0.2, 0.25) is 21.8 Å². The minimum atomic E-state index is -3.67. The number of hydrogen-bond acceptors (Lipinski definition) is 6. The summed E-state index contributed by atoms with van der Waals surface area (Å²) in [5, 5.41) is 3.74. The van der Waals surface area contributed by atoms with Crippen molar-refractivity contribution in [3.8, 4) is 11.5 Å². The lowest BCUT2D eigenvalue weighted by atomic mass is 10.0. The van der Waals surface area contributed by atoms with Crippen molar-refractivity contribution in [3.05, 3.63) is 88.9 Å². The third kappa shape index (κ3) is 8.92. The summed E-state index contributed by atoms with van der Waals surface area (Å²) in [4.78, 5) is 29.6. The van der Waals surface area contributed by atoms with Crippen LogP contribution in [0.1, 0.15) is 49.7 Å². The molecule has 3 aromatic carbocycles. The van der Waals surface area contributed by atoms with E-state index in [1.807, 2.05) is 42.5 Å². The standard InChI is InChI=1S/C34H40ClN3O6S/c1-45(41,42)38(29-16-17-31-32(23-29)44-20-19-43-31)18-8-15-33(39)37(24-26-11-7-12-27(35)21-26)30(22-25-9-3-2-4-10-25)34(40)36-28-13-5-6-14-28/h2-4,7,9-12,16-17,21,23,28,30H,5-6,8,13-15,18-20,22,24H2,1H3,(H,36,40)/t30-/m0/s1. The van der Waals surface area contributed by atoms with Crippen LogP contribution in [0, 0.1) is 0 Å². The van der Waals surface area contributed by atoms with Crippen molar-refractivity contribution in [1.82, 2.24) is 10.2 Å². The maximum Gasteiger partial charge on any atom is 0.243 e. The Morgan fingerprint density at radius 2 is 1.64 bits per heavy atom. The Morgan fingerprint density at radius 1 is 0.933 bits per heavy atom. The van der Waals surface area contributed by atoms with Crippen LogP contribution in [0.25, 0.3) is 0 Å². The summed E-state index contributed by atoms with van der Waals surface area (Å²) in [5.74, 6) is 0.613. The first kappa shape index (κ1) is 32.6. The van der Waals surface area contributed by atoms with E-state index in [-0.39, 0.29) is 43.8 Å². The largest absolute Gasteiger partial charge is 0.486 e. The molecule has 1 heterocycles. The lowest BCUT2D eigenvalue weighted by Gasteiger charge is -2.33. The van der Waals surface area contributed by atoms with E-state index in [2.05, 4.69) is 5.32 Å². The Kier molecular flexibility index (Phi) is 10.9. The summed E-state index contributed by atoms with van der Waals surface area (Å²) in [6, 6.07) is 21.3. The molecule has 2 amide bonds. The van der Waals surface area contributed by atoms with Crippen LogP contribution in [0.3, 0.4) is 0 Å². The molecule has 1 saturated carbocycles. The van der Waals surface area contributed by atoms with Crippen LogP contribution in [-0.2, 0) is 32.6 Å². The number of rotatable bonds is 13. The number of ether oxygens (including phenoxy) is 2. The van der Waals surface area contributed by atoms with E-state index in [0.29, 0.717) is 41.8 Å². The highest BCUT2D eigenvalue weighted by Gasteiger charge is 2.32. The summed E-state index contributed by atoms with van der Waals surface area (Å²) >= 11 is 6.29. The summed E-state index contributed by atoms with van der Waals surface area (Å²) in [6.45, 7) is 1.07. The van der Waals surface area contributed by atoms with Gasteiger partial charge >= 0.3 is 0 Å². The zero-order chi connectivity index (χ0) is 31.8. The Balaban J connectivity index is 1.37. The van der Waals surface area contributed by atoms with Crippen LogP contribution >= 0.6 is 11.6 Å². The van der Waals surface area contributed by atoms with Crippen molar-refractivity contribution >= 4 is 39.1 Å². The van der Waals surface area contributed by atoms with Crippen LogP contribution in [0.15, 0.2) is 72.8 Å². The lowest BCUT2D eigenvalue weighted by molar-refractivity contribution is -0.141. The van der Waals surface area contributed by atoms with E-state index in [1.165, 1.54) is 4.31 Å². The highest BCUT2D eigenvalue weighted by molar-refractivity contribution is 7.92. The minimum absolute atomic E-state index is 0.0408. The Labute approximate surface area is 270 Å². The van der Waals surface area contributed by atoms with Crippen molar-refractivity contribution < 1.29 is 27.5 Å². The van der Waals surface area contributed by atoms with E-state index < -0.39 is 16.1 Å². The molecule has 1 atom stereocenters. The van der Waals surface area contributed by atoms with Gasteiger partial charge in [0.25, 0.3) is 0 Å². The molecule has 45 heavy (non-hydrogen) atoms. The van der Waals surface area contributed by atoms with E-state index in [0.717, 1.165) is 43.1 Å². The predicted molar refractivity (Wildman–Crippen MR) is 175 cm³/mol. The van der Waals surface area contributed by atoms with Gasteiger partial charge in [-0.25, -0.2) is 8.42 Å². The summed E-state index contributed by atoms with van der Waals surface area (Å²) < 4.78 is 38.2. The molecule has 9 nitrogen and oxygen atoms in total. The second kappa shape index (κ2) is 15.0. The quantitative estimate of drug-likeness (QED) is 0.267. The monoisotopic (exact) mass is 653 g/mol. The second-order valence-corrected chi connectivity index (χ2v) is 14.0. The van der Waals surface area contributed by atoms with Gasteiger partial charge in [0, 0.05) is 43.1 Å². The number of anilines is 1. The smallest absolute Gasteiger partial charge is 0.243 e. The van der Waals surface area contributed by atoms with Crippen molar-refractivity contribution in [2.24, 2.45) is 0 Å². The number of sulfonamides is 1. The molecule has 0 saturated heterocycles. The highest BCUT2D eigenvalue weighted by Crippen LogP contribution is 2.35. The molecule has 0 unspecified atom stereocenters. The average molecular weight is 654 g/mol. The number of nitrogens with one attached hydrogen (secondary N) is 1. The van der Waals surface area contributed by atoms with Crippen molar-refractivity contribution in [1.29, 1.82) is 0 Å². The average Bonchev–Trinajstić information content (AvgIpc) is 3.53. The number of nitrogens with zero attached hydrogens (tertiary/aromatic N) is 2. The molecule has 1 N–H and O–H groups in total. The first-order valence-corrected chi connectivity index (χ1v) is 17.7. The van der Waals surface area contributed by atoms with Gasteiger partial charge in [-0.3, -0.25) is 13.9 Å². The number of amides is 2. The van der Waals surface area contributed by atoms with Crippen molar-refractivity contribution in [2.75, 3.05) is 30.3 Å². The van der Waals surface area contributed by atoms with Gasteiger partial charge in [0.1, 0.15) is 19.3 Å². The summed E-state index contributed by atoms with van der Waals surface area (Å²) in [7, 11) is -3.67. The van der Waals surface area contributed by atoms with E-state index >= 15 is 0 Å². The summed E-state index contributed by atoms with van der Waals surface area (Å²) in [6.07, 6.45) is 5.76. The number of carbonyl (C=O) groups excluding carboxylic acids is 2. The van der Waals surface area contributed by atoms with Crippen molar-refractivity contribution in [3.63, 3.8) is 0 Å². The van der Waals surface area contributed by atoms with Crippen molar-refractivity contribution in [2.45, 2.75) is 63.6 Å².